The largest absolute Gasteiger partial charge is 0.356 e. The van der Waals surface area contributed by atoms with E-state index in [9.17, 15) is 14.4 Å². The van der Waals surface area contributed by atoms with Gasteiger partial charge in [-0.2, -0.15) is 0 Å². The summed E-state index contributed by atoms with van der Waals surface area (Å²) in [6.45, 7) is 3.05. The fraction of sp³-hybridized carbons (Fsp3) is 0.250. The Balaban J connectivity index is 1.45. The summed E-state index contributed by atoms with van der Waals surface area (Å²) in [5.74, 6) is -0.0924. The van der Waals surface area contributed by atoms with Gasteiger partial charge in [-0.25, -0.2) is 4.79 Å². The highest BCUT2D eigenvalue weighted by Crippen LogP contribution is 2.14. The normalized spacial score (nSPS) is 11.0. The minimum Gasteiger partial charge on any atom is -0.356 e. The van der Waals surface area contributed by atoms with E-state index in [4.69, 9.17) is 11.6 Å². The molecule has 4 aromatic rings. The minimum atomic E-state index is -0.395. The molecule has 1 aromatic heterocycles. The number of amides is 1. The molecule has 0 aliphatic carbocycles. The van der Waals surface area contributed by atoms with Crippen molar-refractivity contribution in [3.63, 3.8) is 0 Å². The van der Waals surface area contributed by atoms with Crippen molar-refractivity contribution in [3.05, 3.63) is 115 Å². The molecule has 0 spiro atoms. The van der Waals surface area contributed by atoms with Crippen molar-refractivity contribution in [3.8, 4) is 0 Å². The maximum Gasteiger partial charge on any atom is 0.331 e. The number of benzene rings is 3. The first-order valence-electron chi connectivity index (χ1n) is 11.7. The maximum atomic E-state index is 13.3. The molecule has 0 bridgehead atoms. The van der Waals surface area contributed by atoms with Crippen molar-refractivity contribution in [2.45, 2.75) is 39.3 Å². The van der Waals surface area contributed by atoms with Gasteiger partial charge in [0.15, 0.2) is 0 Å². The second-order valence-electron chi connectivity index (χ2n) is 8.66. The predicted octanol–water partition coefficient (Wildman–Crippen LogP) is 4.31. The predicted molar refractivity (Wildman–Crippen MR) is 140 cm³/mol. The van der Waals surface area contributed by atoms with Crippen molar-refractivity contribution in [1.82, 2.24) is 14.5 Å². The lowest BCUT2D eigenvalue weighted by molar-refractivity contribution is -0.121. The summed E-state index contributed by atoms with van der Waals surface area (Å²) in [6.07, 6.45) is 1.38. The Hall–Kier alpha value is -3.64. The minimum absolute atomic E-state index is 0.0924. The Morgan fingerprint density at radius 3 is 2.46 bits per heavy atom. The van der Waals surface area contributed by atoms with Crippen LogP contribution in [0.2, 0.25) is 5.02 Å². The number of para-hydroxylation sites is 1. The summed E-state index contributed by atoms with van der Waals surface area (Å²) in [4.78, 5) is 38.7. The van der Waals surface area contributed by atoms with Crippen molar-refractivity contribution < 1.29 is 4.79 Å². The van der Waals surface area contributed by atoms with Crippen LogP contribution < -0.4 is 16.6 Å². The standard InChI is InChI=1S/C28H28ClN3O3/c1-20-11-13-21(14-12-20)15-16-30-26(33)10-5-17-31-27(34)24-8-2-3-9-25(24)32(28(31)35)19-22-6-4-7-23(29)18-22/h2-4,6-9,11-14,18H,5,10,15-17,19H2,1H3,(H,30,33). The van der Waals surface area contributed by atoms with Gasteiger partial charge in [0.05, 0.1) is 17.4 Å². The van der Waals surface area contributed by atoms with Crippen LogP contribution in [0.4, 0.5) is 0 Å². The van der Waals surface area contributed by atoms with Gasteiger partial charge in [-0.3, -0.25) is 18.7 Å². The number of nitrogens with zero attached hydrogens (tertiary/aromatic N) is 2. The molecule has 0 aliphatic heterocycles. The summed E-state index contributed by atoms with van der Waals surface area (Å²) in [5, 5.41) is 3.97. The van der Waals surface area contributed by atoms with E-state index in [0.29, 0.717) is 35.4 Å². The molecular formula is C28H28ClN3O3. The fourth-order valence-electron chi connectivity index (χ4n) is 4.13. The van der Waals surface area contributed by atoms with Crippen molar-refractivity contribution in [2.75, 3.05) is 6.54 Å². The van der Waals surface area contributed by atoms with E-state index in [2.05, 4.69) is 29.6 Å². The molecule has 180 valence electrons. The summed E-state index contributed by atoms with van der Waals surface area (Å²) in [6, 6.07) is 22.6. The monoisotopic (exact) mass is 489 g/mol. The van der Waals surface area contributed by atoms with Gasteiger partial charge in [-0.1, -0.05) is 65.7 Å². The molecule has 1 N–H and O–H groups in total. The second kappa shape index (κ2) is 11.2. The number of carbonyl (C=O) groups is 1. The second-order valence-corrected chi connectivity index (χ2v) is 9.10. The SMILES string of the molecule is Cc1ccc(CCNC(=O)CCCn2c(=O)c3ccccc3n(Cc3cccc(Cl)c3)c2=O)cc1. The molecule has 0 aliphatic rings. The highest BCUT2D eigenvalue weighted by atomic mass is 35.5. The summed E-state index contributed by atoms with van der Waals surface area (Å²) >= 11 is 6.12. The molecule has 0 radical (unpaired) electrons. The number of halogens is 1. The third-order valence-corrected chi connectivity index (χ3v) is 6.24. The first-order valence-corrected chi connectivity index (χ1v) is 12.1. The molecule has 3 aromatic carbocycles. The number of nitrogens with one attached hydrogen (secondary N) is 1. The number of fused-ring (bicyclic) bond motifs is 1. The molecular weight excluding hydrogens is 462 g/mol. The Kier molecular flexibility index (Phi) is 7.83. The van der Waals surface area contributed by atoms with Crippen LogP contribution in [0.1, 0.15) is 29.5 Å². The van der Waals surface area contributed by atoms with E-state index in [0.717, 1.165) is 12.0 Å². The summed E-state index contributed by atoms with van der Waals surface area (Å²) in [7, 11) is 0. The first-order chi connectivity index (χ1) is 16.9. The van der Waals surface area contributed by atoms with Crippen LogP contribution in [0.5, 0.6) is 0 Å². The molecule has 4 rings (SSSR count). The lowest BCUT2D eigenvalue weighted by Crippen LogP contribution is -2.40. The van der Waals surface area contributed by atoms with Crippen molar-refractivity contribution >= 4 is 28.4 Å². The van der Waals surface area contributed by atoms with Gasteiger partial charge >= 0.3 is 5.69 Å². The molecule has 0 saturated heterocycles. The number of aryl methyl sites for hydroxylation is 1. The third-order valence-electron chi connectivity index (χ3n) is 6.00. The van der Waals surface area contributed by atoms with Gasteiger partial charge in [0, 0.05) is 24.5 Å². The highest BCUT2D eigenvalue weighted by Gasteiger charge is 2.14. The number of aromatic nitrogens is 2. The lowest BCUT2D eigenvalue weighted by atomic mass is 10.1. The Bertz CT molecular complexity index is 1460. The Morgan fingerprint density at radius 2 is 1.69 bits per heavy atom. The summed E-state index contributed by atoms with van der Waals surface area (Å²) in [5.41, 5.74) is 3.07. The highest BCUT2D eigenvalue weighted by molar-refractivity contribution is 6.30. The zero-order valence-corrected chi connectivity index (χ0v) is 20.4. The zero-order chi connectivity index (χ0) is 24.8. The molecule has 0 unspecified atom stereocenters. The van der Waals surface area contributed by atoms with E-state index in [1.165, 1.54) is 15.7 Å². The van der Waals surface area contributed by atoms with Gasteiger partial charge < -0.3 is 5.32 Å². The molecule has 7 heteroatoms. The van der Waals surface area contributed by atoms with Crippen LogP contribution in [0, 0.1) is 6.92 Å². The van der Waals surface area contributed by atoms with Crippen LogP contribution in [0.3, 0.4) is 0 Å². The van der Waals surface area contributed by atoms with E-state index < -0.39 is 5.69 Å². The van der Waals surface area contributed by atoms with E-state index in [1.54, 1.807) is 41.0 Å². The van der Waals surface area contributed by atoms with Crippen LogP contribution in [-0.2, 0) is 24.3 Å². The van der Waals surface area contributed by atoms with E-state index >= 15 is 0 Å². The van der Waals surface area contributed by atoms with Crippen LogP contribution in [0.15, 0.2) is 82.4 Å². The van der Waals surface area contributed by atoms with Crippen molar-refractivity contribution in [2.24, 2.45) is 0 Å². The van der Waals surface area contributed by atoms with E-state index in [1.807, 2.05) is 19.1 Å². The molecule has 0 saturated carbocycles. The number of hydrogen-bond donors (Lipinski definition) is 1. The summed E-state index contributed by atoms with van der Waals surface area (Å²) < 4.78 is 2.82. The maximum absolute atomic E-state index is 13.3. The molecule has 1 heterocycles. The van der Waals surface area contributed by atoms with E-state index in [-0.39, 0.29) is 24.4 Å². The third kappa shape index (κ3) is 6.08. The van der Waals surface area contributed by atoms with Gasteiger partial charge in [0.1, 0.15) is 0 Å². The van der Waals surface area contributed by atoms with Gasteiger partial charge in [0.25, 0.3) is 5.56 Å². The smallest absolute Gasteiger partial charge is 0.331 e. The number of carbonyl (C=O) groups excluding carboxylic acids is 1. The Labute approximate surface area is 208 Å². The van der Waals surface area contributed by atoms with Crippen LogP contribution in [-0.4, -0.2) is 21.6 Å². The molecule has 0 fully saturated rings. The molecule has 0 atom stereocenters. The molecule has 6 nitrogen and oxygen atoms in total. The quantitative estimate of drug-likeness (QED) is 0.380. The molecule has 35 heavy (non-hydrogen) atoms. The molecule has 1 amide bonds. The average Bonchev–Trinajstić information content (AvgIpc) is 2.85. The van der Waals surface area contributed by atoms with Crippen LogP contribution >= 0.6 is 11.6 Å². The number of rotatable bonds is 9. The van der Waals surface area contributed by atoms with Crippen LogP contribution in [0.25, 0.3) is 10.9 Å². The lowest BCUT2D eigenvalue weighted by Gasteiger charge is -2.14. The zero-order valence-electron chi connectivity index (χ0n) is 19.7. The topological polar surface area (TPSA) is 73.1 Å². The van der Waals surface area contributed by atoms with Gasteiger partial charge in [0.2, 0.25) is 5.91 Å². The Morgan fingerprint density at radius 1 is 0.914 bits per heavy atom. The van der Waals surface area contributed by atoms with Gasteiger partial charge in [-0.15, -0.1) is 0 Å². The average molecular weight is 490 g/mol. The number of hydrogen-bond acceptors (Lipinski definition) is 3. The first kappa shape index (κ1) is 24.5. The fourth-order valence-corrected chi connectivity index (χ4v) is 4.34. The van der Waals surface area contributed by atoms with Crippen molar-refractivity contribution in [1.29, 1.82) is 0 Å². The van der Waals surface area contributed by atoms with Gasteiger partial charge in [-0.05, 0) is 55.2 Å².